The minimum Gasteiger partial charge on any atom is -0.336 e. The average Bonchev–Trinajstić information content (AvgIpc) is 3.06. The van der Waals surface area contributed by atoms with Gasteiger partial charge in [0.05, 0.1) is 0 Å². The quantitative estimate of drug-likeness (QED) is 0.799. The molecular weight excluding hydrogens is 216 g/mol. The Bertz CT molecular complexity index is 398. The normalized spacial score (nSPS) is 19.0. The van der Waals surface area contributed by atoms with Crippen molar-refractivity contribution in [2.45, 2.75) is 27.0 Å². The van der Waals surface area contributed by atoms with Crippen molar-refractivity contribution in [1.82, 2.24) is 10.4 Å². The molecule has 1 fully saturated rings. The molecule has 1 aromatic carbocycles. The zero-order valence-corrected chi connectivity index (χ0v) is 10.4. The van der Waals surface area contributed by atoms with Crippen molar-refractivity contribution in [2.24, 2.45) is 5.41 Å². The van der Waals surface area contributed by atoms with Crippen LogP contribution < -0.4 is 5.32 Å². The van der Waals surface area contributed by atoms with Crippen LogP contribution in [0.1, 0.15) is 32.6 Å². The zero-order chi connectivity index (χ0) is 12.5. The first-order valence-corrected chi connectivity index (χ1v) is 5.76. The number of hydroxylamine groups is 2. The van der Waals surface area contributed by atoms with Crippen LogP contribution in [0.2, 0.25) is 0 Å². The van der Waals surface area contributed by atoms with E-state index in [1.54, 1.807) is 0 Å². The molecule has 2 rings (SSSR count). The number of nitrogens with zero attached hydrogens (tertiary/aromatic N) is 1. The number of hydrogen-bond donors (Lipinski definition) is 1. The minimum absolute atomic E-state index is 0.0773. The summed E-state index contributed by atoms with van der Waals surface area (Å²) in [4.78, 5) is 17.0. The second-order valence-electron chi connectivity index (χ2n) is 5.41. The van der Waals surface area contributed by atoms with Crippen LogP contribution in [0.5, 0.6) is 0 Å². The molecule has 1 saturated heterocycles. The van der Waals surface area contributed by atoms with E-state index in [1.165, 1.54) is 5.06 Å². The highest BCUT2D eigenvalue weighted by atomic mass is 16.8. The van der Waals surface area contributed by atoms with Gasteiger partial charge in [-0.1, -0.05) is 51.1 Å². The highest BCUT2D eigenvalue weighted by molar-refractivity contribution is 5.75. The van der Waals surface area contributed by atoms with Gasteiger partial charge >= 0.3 is 6.03 Å². The van der Waals surface area contributed by atoms with Gasteiger partial charge in [-0.05, 0) is 5.41 Å². The first-order valence-electron chi connectivity index (χ1n) is 5.76. The highest BCUT2D eigenvalue weighted by Gasteiger charge is 2.42. The Morgan fingerprint density at radius 3 is 2.59 bits per heavy atom. The monoisotopic (exact) mass is 234 g/mol. The lowest BCUT2D eigenvalue weighted by atomic mass is 9.97. The molecule has 0 bridgehead atoms. The van der Waals surface area contributed by atoms with E-state index in [2.05, 4.69) is 26.1 Å². The maximum atomic E-state index is 11.7. The Morgan fingerprint density at radius 1 is 1.35 bits per heavy atom. The van der Waals surface area contributed by atoms with E-state index < -0.39 is 0 Å². The maximum absolute atomic E-state index is 11.7. The predicted octanol–water partition coefficient (Wildman–Crippen LogP) is 2.69. The maximum Gasteiger partial charge on any atom is 0.344 e. The second kappa shape index (κ2) is 4.37. The summed E-state index contributed by atoms with van der Waals surface area (Å²) in [5.74, 6) is 0. The molecule has 92 valence electrons. The van der Waals surface area contributed by atoms with Crippen LogP contribution in [0.15, 0.2) is 30.3 Å². The van der Waals surface area contributed by atoms with Crippen LogP contribution in [0.4, 0.5) is 4.79 Å². The number of carbonyl (C=O) groups excluding carboxylic acids is 1. The number of carbonyl (C=O) groups is 1. The molecule has 1 aliphatic heterocycles. The van der Waals surface area contributed by atoms with Gasteiger partial charge in [0.1, 0.15) is 0 Å². The lowest BCUT2D eigenvalue weighted by Gasteiger charge is -2.18. The van der Waals surface area contributed by atoms with Gasteiger partial charge in [-0.2, -0.15) is 5.06 Å². The molecule has 1 unspecified atom stereocenters. The number of amides is 2. The molecule has 1 heterocycles. The predicted molar refractivity (Wildman–Crippen MR) is 65.0 cm³/mol. The van der Waals surface area contributed by atoms with Crippen LogP contribution in [0.25, 0.3) is 0 Å². The first-order chi connectivity index (χ1) is 7.97. The summed E-state index contributed by atoms with van der Waals surface area (Å²) < 4.78 is 0. The number of benzene rings is 1. The molecule has 17 heavy (non-hydrogen) atoms. The van der Waals surface area contributed by atoms with Gasteiger partial charge in [-0.15, -0.1) is 0 Å². The molecule has 0 aliphatic carbocycles. The number of rotatable bonds is 2. The van der Waals surface area contributed by atoms with Crippen LogP contribution in [-0.2, 0) is 4.84 Å². The summed E-state index contributed by atoms with van der Waals surface area (Å²) in [6.45, 7) is 6.86. The number of hydrogen-bond acceptors (Lipinski definition) is 2. The van der Waals surface area contributed by atoms with E-state index in [9.17, 15) is 4.79 Å². The van der Waals surface area contributed by atoms with Gasteiger partial charge in [0, 0.05) is 12.1 Å². The molecule has 0 radical (unpaired) electrons. The second-order valence-corrected chi connectivity index (χ2v) is 5.41. The Morgan fingerprint density at radius 2 is 2.00 bits per heavy atom. The molecule has 4 heteroatoms. The molecule has 0 saturated carbocycles. The van der Waals surface area contributed by atoms with Gasteiger partial charge in [-0.25, -0.2) is 9.63 Å². The molecule has 1 aliphatic rings. The average molecular weight is 234 g/mol. The van der Waals surface area contributed by atoms with E-state index in [1.807, 2.05) is 30.3 Å². The van der Waals surface area contributed by atoms with Crippen molar-refractivity contribution in [3.05, 3.63) is 35.9 Å². The Hall–Kier alpha value is -1.55. The molecule has 0 aromatic heterocycles. The van der Waals surface area contributed by atoms with Crippen LogP contribution in [-0.4, -0.2) is 17.6 Å². The van der Waals surface area contributed by atoms with E-state index in [0.717, 1.165) is 5.56 Å². The van der Waals surface area contributed by atoms with Gasteiger partial charge in [0.2, 0.25) is 6.23 Å². The zero-order valence-electron chi connectivity index (χ0n) is 10.4. The summed E-state index contributed by atoms with van der Waals surface area (Å²) in [6.07, 6.45) is -0.226. The fourth-order valence-corrected chi connectivity index (χ4v) is 1.47. The van der Waals surface area contributed by atoms with Crippen molar-refractivity contribution in [1.29, 1.82) is 0 Å². The molecule has 2 amide bonds. The third-order valence-electron chi connectivity index (χ3n) is 2.44. The van der Waals surface area contributed by atoms with E-state index >= 15 is 0 Å². The van der Waals surface area contributed by atoms with Crippen LogP contribution in [0.3, 0.4) is 0 Å². The third-order valence-corrected chi connectivity index (χ3v) is 2.44. The van der Waals surface area contributed by atoms with E-state index in [0.29, 0.717) is 6.54 Å². The fourth-order valence-electron chi connectivity index (χ4n) is 1.47. The summed E-state index contributed by atoms with van der Waals surface area (Å²) in [5.41, 5.74) is 1.08. The summed E-state index contributed by atoms with van der Waals surface area (Å²) in [5, 5.41) is 4.21. The molecular formula is C13H18N2O2. The van der Waals surface area contributed by atoms with Gasteiger partial charge in [-0.3, -0.25) is 0 Å². The fraction of sp³-hybridized carbons (Fsp3) is 0.462. The van der Waals surface area contributed by atoms with Crippen molar-refractivity contribution in [3.63, 3.8) is 0 Å². The van der Waals surface area contributed by atoms with E-state index in [4.69, 9.17) is 4.84 Å². The van der Waals surface area contributed by atoms with Crippen molar-refractivity contribution in [2.75, 3.05) is 6.54 Å². The Labute approximate surface area is 102 Å². The minimum atomic E-state index is -0.226. The SMILES string of the molecule is CC(C)(C)CNC(=O)N1OC1c1ccccc1. The lowest BCUT2D eigenvalue weighted by molar-refractivity contribution is 0.173. The Kier molecular flexibility index (Phi) is 3.07. The first kappa shape index (κ1) is 11.9. The third kappa shape index (κ3) is 3.20. The van der Waals surface area contributed by atoms with Crippen LogP contribution in [0, 0.1) is 5.41 Å². The number of urea groups is 1. The number of nitrogens with one attached hydrogen (secondary N) is 1. The largest absolute Gasteiger partial charge is 0.344 e. The van der Waals surface area contributed by atoms with Crippen molar-refractivity contribution in [3.8, 4) is 0 Å². The van der Waals surface area contributed by atoms with Crippen molar-refractivity contribution < 1.29 is 9.63 Å². The molecule has 1 atom stereocenters. The van der Waals surface area contributed by atoms with Gasteiger partial charge < -0.3 is 5.32 Å². The highest BCUT2D eigenvalue weighted by Crippen LogP contribution is 2.36. The molecule has 1 aromatic rings. The smallest absolute Gasteiger partial charge is 0.336 e. The van der Waals surface area contributed by atoms with Gasteiger partial charge in [0.25, 0.3) is 0 Å². The van der Waals surface area contributed by atoms with Crippen molar-refractivity contribution >= 4 is 6.03 Å². The summed E-state index contributed by atoms with van der Waals surface area (Å²) in [7, 11) is 0. The van der Waals surface area contributed by atoms with Gasteiger partial charge in [0.15, 0.2) is 0 Å². The van der Waals surface area contributed by atoms with E-state index in [-0.39, 0.29) is 17.7 Å². The summed E-state index contributed by atoms with van der Waals surface area (Å²) >= 11 is 0. The molecule has 4 nitrogen and oxygen atoms in total. The standard InChI is InChI=1S/C13H18N2O2/c1-13(2,3)9-14-12(16)15-11(17-15)10-7-5-4-6-8-10/h4-8,11H,9H2,1-3H3,(H,14,16). The molecule has 0 spiro atoms. The Balaban J connectivity index is 1.85. The lowest BCUT2D eigenvalue weighted by Crippen LogP contribution is -2.35. The topological polar surface area (TPSA) is 44.6 Å². The molecule has 1 N–H and O–H groups in total. The summed E-state index contributed by atoms with van der Waals surface area (Å²) in [6, 6.07) is 9.53. The van der Waals surface area contributed by atoms with Crippen LogP contribution >= 0.6 is 0 Å².